The second-order valence-electron chi connectivity index (χ2n) is 6.78. The third kappa shape index (κ3) is 3.21. The maximum Gasteiger partial charge on any atom is 0.180 e. The number of nitrogens with one attached hydrogen (secondary N) is 1. The van der Waals surface area contributed by atoms with Crippen molar-refractivity contribution >= 4 is 34.0 Å². The molecule has 0 spiro atoms. The monoisotopic (exact) mass is 408 g/mol. The number of thiazole rings is 1. The maximum atomic E-state index is 14.2. The highest BCUT2D eigenvalue weighted by Crippen LogP contribution is 2.35. The summed E-state index contributed by atoms with van der Waals surface area (Å²) in [6.45, 7) is 2.16. The number of aryl methyl sites for hydroxylation is 1. The molecular formula is C19H17FN8S. The molecule has 3 N–H and O–H groups in total. The van der Waals surface area contributed by atoms with Gasteiger partial charge in [0.05, 0.1) is 6.54 Å². The quantitative estimate of drug-likeness (QED) is 0.537. The van der Waals surface area contributed by atoms with Crippen molar-refractivity contribution in [3.8, 4) is 0 Å². The highest BCUT2D eigenvalue weighted by Gasteiger charge is 2.32. The number of nitrogens with zero attached hydrogens (tertiary/aromatic N) is 6. The average molecular weight is 408 g/mol. The second kappa shape index (κ2) is 6.89. The Morgan fingerprint density at radius 2 is 2.14 bits per heavy atom. The Hall–Kier alpha value is -3.40. The van der Waals surface area contributed by atoms with Crippen LogP contribution in [-0.2, 0) is 6.54 Å². The van der Waals surface area contributed by atoms with E-state index in [1.165, 1.54) is 6.07 Å². The molecule has 0 amide bonds. The van der Waals surface area contributed by atoms with Crippen molar-refractivity contribution in [3.05, 3.63) is 63.9 Å². The number of hydrogen-bond acceptors (Lipinski definition) is 8. The molecule has 1 aromatic carbocycles. The van der Waals surface area contributed by atoms with E-state index in [4.69, 9.17) is 10.8 Å². The van der Waals surface area contributed by atoms with Gasteiger partial charge in [0, 0.05) is 23.6 Å². The molecule has 3 aromatic heterocycles. The van der Waals surface area contributed by atoms with Gasteiger partial charge in [-0.3, -0.25) is 5.01 Å². The van der Waals surface area contributed by atoms with Gasteiger partial charge in [-0.2, -0.15) is 5.10 Å². The van der Waals surface area contributed by atoms with E-state index in [1.807, 2.05) is 23.4 Å². The molecule has 8 nitrogen and oxygen atoms in total. The summed E-state index contributed by atoms with van der Waals surface area (Å²) in [5.41, 5.74) is 8.46. The molecular weight excluding hydrogens is 391 g/mol. The number of hydrazone groups is 1. The van der Waals surface area contributed by atoms with Crippen molar-refractivity contribution in [1.29, 1.82) is 0 Å². The number of halogens is 1. The number of nitrogens with two attached hydrogens (primary N) is 1. The largest absolute Gasteiger partial charge is 0.382 e. The van der Waals surface area contributed by atoms with Crippen molar-refractivity contribution < 1.29 is 4.39 Å². The van der Waals surface area contributed by atoms with E-state index >= 15 is 0 Å². The first kappa shape index (κ1) is 17.7. The second-order valence-corrected chi connectivity index (χ2v) is 7.70. The number of nitrogen functional groups attached to an aromatic ring is 1. The molecule has 1 aliphatic heterocycles. The SMILES string of the molecule is Cc1nc2c(N)nc(C3=NN(Cc4ccccc4F)C(c4nccs4)C3)nc2[nH]1. The van der Waals surface area contributed by atoms with E-state index in [-0.39, 0.29) is 11.9 Å². The van der Waals surface area contributed by atoms with Crippen molar-refractivity contribution in [1.82, 2.24) is 29.9 Å². The summed E-state index contributed by atoms with van der Waals surface area (Å²) in [5, 5.41) is 9.39. The van der Waals surface area contributed by atoms with Crippen LogP contribution in [0.2, 0.25) is 0 Å². The Labute approximate surface area is 169 Å². The molecule has 1 atom stereocenters. The zero-order valence-corrected chi connectivity index (χ0v) is 16.3. The number of aromatic nitrogens is 5. The molecule has 4 aromatic rings. The van der Waals surface area contributed by atoms with E-state index in [0.717, 1.165) is 5.01 Å². The summed E-state index contributed by atoms with van der Waals surface area (Å²) in [6, 6.07) is 6.58. The van der Waals surface area contributed by atoms with E-state index in [0.29, 0.717) is 52.9 Å². The fourth-order valence-electron chi connectivity index (χ4n) is 3.42. The molecule has 1 unspecified atom stereocenters. The molecule has 0 aliphatic carbocycles. The van der Waals surface area contributed by atoms with E-state index in [1.54, 1.807) is 29.7 Å². The molecule has 0 bridgehead atoms. The number of benzene rings is 1. The van der Waals surface area contributed by atoms with Crippen LogP contribution in [0.25, 0.3) is 11.2 Å². The highest BCUT2D eigenvalue weighted by molar-refractivity contribution is 7.09. The lowest BCUT2D eigenvalue weighted by atomic mass is 10.1. The van der Waals surface area contributed by atoms with Gasteiger partial charge >= 0.3 is 0 Å². The molecule has 5 rings (SSSR count). The number of H-pyrrole nitrogens is 1. The van der Waals surface area contributed by atoms with Gasteiger partial charge in [-0.05, 0) is 13.0 Å². The molecule has 146 valence electrons. The fourth-order valence-corrected chi connectivity index (χ4v) is 4.16. The fraction of sp³-hybridized carbons (Fsp3) is 0.211. The van der Waals surface area contributed by atoms with E-state index in [2.05, 4.69) is 24.9 Å². The lowest BCUT2D eigenvalue weighted by Gasteiger charge is -2.22. The first-order valence-corrected chi connectivity index (χ1v) is 9.93. The van der Waals surface area contributed by atoms with Gasteiger partial charge < -0.3 is 10.7 Å². The number of rotatable bonds is 4. The minimum atomic E-state index is -0.260. The van der Waals surface area contributed by atoms with Crippen LogP contribution >= 0.6 is 11.3 Å². The molecule has 0 saturated carbocycles. The van der Waals surface area contributed by atoms with Crippen LogP contribution in [0.1, 0.15) is 34.7 Å². The van der Waals surface area contributed by atoms with E-state index in [9.17, 15) is 4.39 Å². The first-order chi connectivity index (χ1) is 14.1. The number of anilines is 1. The summed E-state index contributed by atoms with van der Waals surface area (Å²) in [5.74, 6) is 1.20. The van der Waals surface area contributed by atoms with Gasteiger partial charge in [-0.15, -0.1) is 11.3 Å². The van der Waals surface area contributed by atoms with Crippen LogP contribution in [0.4, 0.5) is 10.2 Å². The first-order valence-electron chi connectivity index (χ1n) is 9.05. The number of aromatic amines is 1. The van der Waals surface area contributed by atoms with Gasteiger partial charge in [-0.25, -0.2) is 24.3 Å². The van der Waals surface area contributed by atoms with Crippen molar-refractivity contribution in [2.24, 2.45) is 5.10 Å². The third-order valence-corrected chi connectivity index (χ3v) is 5.65. The predicted molar refractivity (Wildman–Crippen MR) is 109 cm³/mol. The molecule has 1 aliphatic rings. The Morgan fingerprint density at radius 1 is 1.28 bits per heavy atom. The Bertz CT molecular complexity index is 1220. The molecule has 0 radical (unpaired) electrons. The summed E-state index contributed by atoms with van der Waals surface area (Å²) in [7, 11) is 0. The number of hydrogen-bond donors (Lipinski definition) is 2. The lowest BCUT2D eigenvalue weighted by molar-refractivity contribution is 0.221. The molecule has 29 heavy (non-hydrogen) atoms. The number of imidazole rings is 1. The van der Waals surface area contributed by atoms with E-state index < -0.39 is 0 Å². The summed E-state index contributed by atoms with van der Waals surface area (Å²) in [4.78, 5) is 20.8. The van der Waals surface area contributed by atoms with Crippen LogP contribution in [-0.4, -0.2) is 35.6 Å². The van der Waals surface area contributed by atoms with Gasteiger partial charge in [0.25, 0.3) is 0 Å². The Balaban J connectivity index is 1.54. The van der Waals surface area contributed by atoms with Gasteiger partial charge in [0.1, 0.15) is 33.9 Å². The van der Waals surface area contributed by atoms with Crippen LogP contribution in [0.3, 0.4) is 0 Å². The normalized spacial score (nSPS) is 16.6. The average Bonchev–Trinajstić information content (AvgIpc) is 3.42. The predicted octanol–water partition coefficient (Wildman–Crippen LogP) is 3.19. The minimum Gasteiger partial charge on any atom is -0.382 e. The van der Waals surface area contributed by atoms with Crippen LogP contribution in [0, 0.1) is 12.7 Å². The Kier molecular flexibility index (Phi) is 4.20. The van der Waals surface area contributed by atoms with Crippen LogP contribution in [0.5, 0.6) is 0 Å². The third-order valence-electron chi connectivity index (χ3n) is 4.77. The Morgan fingerprint density at radius 3 is 2.93 bits per heavy atom. The smallest absolute Gasteiger partial charge is 0.180 e. The standard InChI is InChI=1S/C19H17FN8S/c1-10-23-15-16(21)25-17(26-18(15)24-10)13-8-14(19-22-6-7-29-19)28(27-13)9-11-4-2-3-5-12(11)20/h2-7,14H,8-9H2,1H3,(H3,21,23,24,25,26). The van der Waals surface area contributed by atoms with Gasteiger partial charge in [-0.1, -0.05) is 18.2 Å². The van der Waals surface area contributed by atoms with Gasteiger partial charge in [0.15, 0.2) is 17.3 Å². The van der Waals surface area contributed by atoms with Crippen LogP contribution < -0.4 is 5.73 Å². The summed E-state index contributed by atoms with van der Waals surface area (Å²) in [6.07, 6.45) is 2.31. The molecule has 0 fully saturated rings. The summed E-state index contributed by atoms with van der Waals surface area (Å²) < 4.78 is 14.2. The maximum absolute atomic E-state index is 14.2. The van der Waals surface area contributed by atoms with Crippen molar-refractivity contribution in [3.63, 3.8) is 0 Å². The highest BCUT2D eigenvalue weighted by atomic mass is 32.1. The molecule has 10 heteroatoms. The summed E-state index contributed by atoms with van der Waals surface area (Å²) >= 11 is 1.54. The molecule has 0 saturated heterocycles. The number of fused-ring (bicyclic) bond motifs is 1. The zero-order chi connectivity index (χ0) is 20.0. The van der Waals surface area contributed by atoms with Crippen molar-refractivity contribution in [2.75, 3.05) is 5.73 Å². The lowest BCUT2D eigenvalue weighted by Crippen LogP contribution is -2.19. The van der Waals surface area contributed by atoms with Gasteiger partial charge in [0.2, 0.25) is 0 Å². The molecule has 4 heterocycles. The van der Waals surface area contributed by atoms with Crippen molar-refractivity contribution in [2.45, 2.75) is 25.9 Å². The minimum absolute atomic E-state index is 0.117. The van der Waals surface area contributed by atoms with Crippen LogP contribution in [0.15, 0.2) is 40.9 Å². The zero-order valence-electron chi connectivity index (χ0n) is 15.5. The topological polar surface area (TPSA) is 109 Å².